The molecular formula is C24H29NO4. The lowest BCUT2D eigenvalue weighted by Gasteiger charge is -2.29. The zero-order valence-corrected chi connectivity index (χ0v) is 17.9. The van der Waals surface area contributed by atoms with Gasteiger partial charge < -0.3 is 14.1 Å². The molecule has 2 aliphatic rings. The summed E-state index contributed by atoms with van der Waals surface area (Å²) in [5.74, 6) is 2.09. The van der Waals surface area contributed by atoms with E-state index in [0.717, 1.165) is 24.3 Å². The fraction of sp³-hybridized carbons (Fsp3) is 0.500. The second-order valence-electron chi connectivity index (χ2n) is 9.25. The number of ether oxygens (including phenoxy) is 1. The van der Waals surface area contributed by atoms with Crippen LogP contribution in [0.2, 0.25) is 0 Å². The summed E-state index contributed by atoms with van der Waals surface area (Å²) < 4.78 is 11.3. The molecule has 0 radical (unpaired) electrons. The van der Waals surface area contributed by atoms with Gasteiger partial charge in [0.2, 0.25) is 0 Å². The first-order valence-electron chi connectivity index (χ1n) is 10.3. The Morgan fingerprint density at radius 3 is 2.45 bits per heavy atom. The number of nitrogens with zero attached hydrogens (tertiary/aromatic N) is 1. The molecule has 2 aromatic rings. The SMILES string of the molecule is COc1ccc(N(C(=O)c2oc3c(c2C)C(=O)CC(C)(C)C3)C(C)C2CC2)cc1. The molecule has 1 amide bonds. The second-order valence-corrected chi connectivity index (χ2v) is 9.25. The molecule has 1 fully saturated rings. The predicted molar refractivity (Wildman–Crippen MR) is 112 cm³/mol. The molecular weight excluding hydrogens is 366 g/mol. The van der Waals surface area contributed by atoms with Gasteiger partial charge in [0.15, 0.2) is 11.5 Å². The molecule has 1 heterocycles. The molecule has 2 aliphatic carbocycles. The molecule has 154 valence electrons. The number of furan rings is 1. The van der Waals surface area contributed by atoms with Gasteiger partial charge in [0.05, 0.1) is 12.7 Å². The molecule has 1 aromatic heterocycles. The van der Waals surface area contributed by atoms with Crippen LogP contribution >= 0.6 is 0 Å². The van der Waals surface area contributed by atoms with Gasteiger partial charge in [0.25, 0.3) is 5.91 Å². The van der Waals surface area contributed by atoms with Gasteiger partial charge in [-0.15, -0.1) is 0 Å². The van der Waals surface area contributed by atoms with Crippen LogP contribution in [0.1, 0.15) is 72.3 Å². The third-order valence-corrected chi connectivity index (χ3v) is 6.25. The summed E-state index contributed by atoms with van der Waals surface area (Å²) in [5.41, 5.74) is 1.95. The lowest BCUT2D eigenvalue weighted by Crippen LogP contribution is -2.40. The van der Waals surface area contributed by atoms with Crippen LogP contribution in [0.3, 0.4) is 0 Å². The highest BCUT2D eigenvalue weighted by Crippen LogP contribution is 2.41. The first kappa shape index (κ1) is 19.7. The van der Waals surface area contributed by atoms with E-state index in [1.165, 1.54) is 0 Å². The fourth-order valence-corrected chi connectivity index (χ4v) is 4.47. The Bertz CT molecular complexity index is 950. The summed E-state index contributed by atoms with van der Waals surface area (Å²) in [6, 6.07) is 7.59. The van der Waals surface area contributed by atoms with Crippen LogP contribution < -0.4 is 9.64 Å². The van der Waals surface area contributed by atoms with Crippen molar-refractivity contribution in [1.29, 1.82) is 0 Å². The summed E-state index contributed by atoms with van der Waals surface area (Å²) in [5, 5.41) is 0. The number of carbonyl (C=O) groups is 2. The fourth-order valence-electron chi connectivity index (χ4n) is 4.47. The van der Waals surface area contributed by atoms with E-state index in [4.69, 9.17) is 9.15 Å². The minimum Gasteiger partial charge on any atom is -0.497 e. The van der Waals surface area contributed by atoms with Crippen molar-refractivity contribution in [3.8, 4) is 5.75 Å². The van der Waals surface area contributed by atoms with Crippen molar-refractivity contribution in [1.82, 2.24) is 0 Å². The van der Waals surface area contributed by atoms with E-state index >= 15 is 0 Å². The van der Waals surface area contributed by atoms with Crippen molar-refractivity contribution in [3.63, 3.8) is 0 Å². The standard InChI is InChI=1S/C24H29NO4/c1-14-21-19(26)12-24(3,4)13-20(21)29-22(14)23(27)25(15(2)16-6-7-16)17-8-10-18(28-5)11-9-17/h8-11,15-16H,6-7,12-13H2,1-5H3. The largest absolute Gasteiger partial charge is 0.497 e. The zero-order valence-electron chi connectivity index (χ0n) is 17.9. The minimum atomic E-state index is -0.174. The summed E-state index contributed by atoms with van der Waals surface area (Å²) in [6.45, 7) is 8.05. The van der Waals surface area contributed by atoms with Crippen LogP contribution in [-0.2, 0) is 6.42 Å². The van der Waals surface area contributed by atoms with Crippen LogP contribution in [0.4, 0.5) is 5.69 Å². The summed E-state index contributed by atoms with van der Waals surface area (Å²) in [7, 11) is 1.62. The number of fused-ring (bicyclic) bond motifs is 1. The second kappa shape index (κ2) is 7.05. The molecule has 5 heteroatoms. The topological polar surface area (TPSA) is 59.8 Å². The van der Waals surface area contributed by atoms with Gasteiger partial charge >= 0.3 is 0 Å². The Morgan fingerprint density at radius 2 is 1.86 bits per heavy atom. The number of benzene rings is 1. The Labute approximate surface area is 172 Å². The number of amides is 1. The van der Waals surface area contributed by atoms with E-state index in [1.54, 1.807) is 7.11 Å². The summed E-state index contributed by atoms with van der Waals surface area (Å²) >= 11 is 0. The molecule has 0 bridgehead atoms. The average molecular weight is 395 g/mol. The van der Waals surface area contributed by atoms with Gasteiger partial charge in [-0.25, -0.2) is 0 Å². The van der Waals surface area contributed by atoms with Crippen molar-refractivity contribution in [2.75, 3.05) is 12.0 Å². The van der Waals surface area contributed by atoms with Crippen molar-refractivity contribution < 1.29 is 18.7 Å². The van der Waals surface area contributed by atoms with E-state index in [2.05, 4.69) is 20.8 Å². The van der Waals surface area contributed by atoms with Crippen LogP contribution in [0.15, 0.2) is 28.7 Å². The number of Topliss-reactive ketones (excluding diaryl/α,β-unsaturated/α-hetero) is 1. The number of carbonyl (C=O) groups excluding carboxylic acids is 2. The maximum atomic E-state index is 13.7. The van der Waals surface area contributed by atoms with Crippen LogP contribution in [0.25, 0.3) is 0 Å². The predicted octanol–water partition coefficient (Wildman–Crippen LogP) is 5.20. The lowest BCUT2D eigenvalue weighted by molar-refractivity contribution is 0.0894. The third-order valence-electron chi connectivity index (χ3n) is 6.25. The van der Waals surface area contributed by atoms with Gasteiger partial charge in [0, 0.05) is 30.1 Å². The summed E-state index contributed by atoms with van der Waals surface area (Å²) in [4.78, 5) is 28.2. The highest BCUT2D eigenvalue weighted by atomic mass is 16.5. The van der Waals surface area contributed by atoms with Crippen molar-refractivity contribution in [3.05, 3.63) is 46.9 Å². The molecule has 0 spiro atoms. The molecule has 5 nitrogen and oxygen atoms in total. The number of hydrogen-bond donors (Lipinski definition) is 0. The van der Waals surface area contributed by atoms with Gasteiger partial charge in [-0.2, -0.15) is 0 Å². The molecule has 0 aliphatic heterocycles. The number of methoxy groups -OCH3 is 1. The molecule has 1 unspecified atom stereocenters. The molecule has 1 saturated carbocycles. The van der Waals surface area contributed by atoms with Gasteiger partial charge in [-0.3, -0.25) is 9.59 Å². The van der Waals surface area contributed by atoms with E-state index in [-0.39, 0.29) is 23.1 Å². The van der Waals surface area contributed by atoms with E-state index in [1.807, 2.05) is 36.1 Å². The van der Waals surface area contributed by atoms with Crippen LogP contribution in [-0.4, -0.2) is 24.8 Å². The smallest absolute Gasteiger partial charge is 0.294 e. The van der Waals surface area contributed by atoms with E-state index < -0.39 is 0 Å². The molecule has 0 saturated heterocycles. The Hall–Kier alpha value is -2.56. The zero-order chi connectivity index (χ0) is 20.9. The quantitative estimate of drug-likeness (QED) is 0.698. The van der Waals surface area contributed by atoms with Gasteiger partial charge in [-0.1, -0.05) is 13.8 Å². The molecule has 1 aromatic carbocycles. The maximum Gasteiger partial charge on any atom is 0.294 e. The van der Waals surface area contributed by atoms with Gasteiger partial charge in [0.1, 0.15) is 11.5 Å². The van der Waals surface area contributed by atoms with Crippen molar-refractivity contribution >= 4 is 17.4 Å². The van der Waals surface area contributed by atoms with E-state index in [0.29, 0.717) is 41.4 Å². The lowest BCUT2D eigenvalue weighted by atomic mass is 9.76. The Kier molecular flexibility index (Phi) is 4.80. The van der Waals surface area contributed by atoms with Crippen LogP contribution in [0.5, 0.6) is 5.75 Å². The van der Waals surface area contributed by atoms with Gasteiger partial charge in [-0.05, 0) is 62.3 Å². The minimum absolute atomic E-state index is 0.0598. The summed E-state index contributed by atoms with van der Waals surface area (Å²) in [6.07, 6.45) is 3.40. The monoisotopic (exact) mass is 395 g/mol. The van der Waals surface area contributed by atoms with E-state index in [9.17, 15) is 9.59 Å². The molecule has 1 atom stereocenters. The number of anilines is 1. The van der Waals surface area contributed by atoms with Crippen LogP contribution in [0, 0.1) is 18.3 Å². The highest BCUT2D eigenvalue weighted by molar-refractivity contribution is 6.09. The molecule has 29 heavy (non-hydrogen) atoms. The first-order valence-corrected chi connectivity index (χ1v) is 10.3. The normalized spacial score (nSPS) is 18.9. The maximum absolute atomic E-state index is 13.7. The molecule has 0 N–H and O–H groups in total. The average Bonchev–Trinajstić information content (AvgIpc) is 3.45. The first-order chi connectivity index (χ1) is 13.7. The molecule has 4 rings (SSSR count). The Morgan fingerprint density at radius 1 is 1.21 bits per heavy atom. The third kappa shape index (κ3) is 3.59. The highest BCUT2D eigenvalue weighted by Gasteiger charge is 2.40. The number of hydrogen-bond acceptors (Lipinski definition) is 4. The number of ketones is 1. The van der Waals surface area contributed by atoms with Crippen molar-refractivity contribution in [2.24, 2.45) is 11.3 Å². The Balaban J connectivity index is 1.74. The number of rotatable bonds is 5. The van der Waals surface area contributed by atoms with Crippen molar-refractivity contribution in [2.45, 2.75) is 59.4 Å².